The van der Waals surface area contributed by atoms with E-state index < -0.39 is 0 Å². The second kappa shape index (κ2) is 9.67. The Kier molecular flexibility index (Phi) is 7.16. The summed E-state index contributed by atoms with van der Waals surface area (Å²) in [5, 5.41) is 5.84. The smallest absolute Gasteiger partial charge is 0.410 e. The molecule has 1 aliphatic carbocycles. The number of nitrogens with two attached hydrogens (primary N) is 1. The summed E-state index contributed by atoms with van der Waals surface area (Å²) < 4.78 is 5.57. The molecular weight excluding hydrogens is 384 g/mol. The van der Waals surface area contributed by atoms with Gasteiger partial charge in [0.05, 0.1) is 0 Å². The van der Waals surface area contributed by atoms with Gasteiger partial charge in [-0.25, -0.2) is 15.3 Å². The molecule has 3 saturated heterocycles. The number of piperidine rings is 2. The molecule has 4 atom stereocenters. The molecule has 3 aliphatic heterocycles. The highest BCUT2D eigenvalue weighted by Gasteiger charge is 2.43. The molecule has 0 aromatic heterocycles. The first-order chi connectivity index (χ1) is 14.4. The van der Waals surface area contributed by atoms with Crippen molar-refractivity contribution < 1.29 is 14.4 Å². The van der Waals surface area contributed by atoms with E-state index in [1.165, 1.54) is 0 Å². The van der Waals surface area contributed by atoms with Crippen molar-refractivity contribution in [3.63, 3.8) is 0 Å². The lowest BCUT2D eigenvalue weighted by Crippen LogP contribution is -2.50. The molecule has 0 radical (unpaired) electrons. The Hall–Kier alpha value is -0.970. The summed E-state index contributed by atoms with van der Waals surface area (Å²) in [5.41, 5.74) is 12.7. The Morgan fingerprint density at radius 2 is 2.07 bits per heavy atom. The second-order valence-electron chi connectivity index (χ2n) is 10.0. The van der Waals surface area contributed by atoms with Gasteiger partial charge in [0, 0.05) is 57.6 Å². The Morgan fingerprint density at radius 1 is 1.30 bits per heavy atom. The van der Waals surface area contributed by atoms with Gasteiger partial charge in [0.2, 0.25) is 0 Å². The van der Waals surface area contributed by atoms with E-state index in [4.69, 9.17) is 15.3 Å². The minimum Gasteiger partial charge on any atom is -0.443 e. The average molecular weight is 425 g/mol. The van der Waals surface area contributed by atoms with Crippen LogP contribution in [0.2, 0.25) is 0 Å². The molecule has 4 rings (SSSR count). The fourth-order valence-electron chi connectivity index (χ4n) is 4.89. The molecule has 30 heavy (non-hydrogen) atoms. The van der Waals surface area contributed by atoms with Crippen LogP contribution in [-0.2, 0) is 9.57 Å². The number of nitrogens with one attached hydrogen (secondary N) is 3. The molecule has 1 saturated carbocycles. The Balaban J connectivity index is 1.11. The number of rotatable bonds is 7. The van der Waals surface area contributed by atoms with Crippen LogP contribution in [0.1, 0.15) is 45.4 Å². The lowest BCUT2D eigenvalue weighted by molar-refractivity contribution is -0.0687. The van der Waals surface area contributed by atoms with Gasteiger partial charge in [-0.15, -0.1) is 0 Å². The minimum absolute atomic E-state index is 0.149. The van der Waals surface area contributed by atoms with Gasteiger partial charge in [-0.3, -0.25) is 10.3 Å². The summed E-state index contributed by atoms with van der Waals surface area (Å²) in [7, 11) is 2.10. The monoisotopic (exact) mass is 424 g/mol. The van der Waals surface area contributed by atoms with E-state index in [9.17, 15) is 4.79 Å². The molecule has 9 heteroatoms. The number of ether oxygens (including phenoxy) is 1. The average Bonchev–Trinajstić information content (AvgIpc) is 3.30. The van der Waals surface area contributed by atoms with E-state index in [2.05, 4.69) is 28.3 Å². The predicted molar refractivity (Wildman–Crippen MR) is 114 cm³/mol. The van der Waals surface area contributed by atoms with Crippen LogP contribution in [0.15, 0.2) is 0 Å². The van der Waals surface area contributed by atoms with Crippen molar-refractivity contribution in [2.75, 3.05) is 46.3 Å². The maximum absolute atomic E-state index is 12.2. The van der Waals surface area contributed by atoms with Crippen molar-refractivity contribution in [3.05, 3.63) is 0 Å². The van der Waals surface area contributed by atoms with Gasteiger partial charge >= 0.3 is 6.09 Å². The molecule has 0 spiro atoms. The van der Waals surface area contributed by atoms with Crippen LogP contribution in [-0.4, -0.2) is 80.2 Å². The van der Waals surface area contributed by atoms with Gasteiger partial charge in [-0.05, 0) is 57.9 Å². The van der Waals surface area contributed by atoms with Crippen LogP contribution in [0, 0.1) is 17.8 Å². The van der Waals surface area contributed by atoms with E-state index in [1.807, 2.05) is 11.8 Å². The summed E-state index contributed by atoms with van der Waals surface area (Å²) >= 11 is 0. The highest BCUT2D eigenvalue weighted by Crippen LogP contribution is 2.39. The topological polar surface area (TPSA) is 104 Å². The highest BCUT2D eigenvalue weighted by molar-refractivity contribution is 5.68. The molecule has 0 aromatic carbocycles. The molecule has 4 aliphatic rings. The van der Waals surface area contributed by atoms with Crippen molar-refractivity contribution in [2.45, 2.75) is 63.3 Å². The normalized spacial score (nSPS) is 33.4. The van der Waals surface area contributed by atoms with E-state index in [-0.39, 0.29) is 17.9 Å². The molecule has 4 unspecified atom stereocenters. The first kappa shape index (κ1) is 22.2. The molecule has 172 valence electrons. The third kappa shape index (κ3) is 5.83. The summed E-state index contributed by atoms with van der Waals surface area (Å²) in [5.74, 6) is 1.49. The third-order valence-electron chi connectivity index (χ3n) is 7.40. The van der Waals surface area contributed by atoms with Gasteiger partial charge in [-0.2, -0.15) is 0 Å². The Bertz CT molecular complexity index is 581. The van der Waals surface area contributed by atoms with Crippen LogP contribution in [0.5, 0.6) is 0 Å². The number of hydrogen-bond acceptors (Lipinski definition) is 8. The molecular formula is C21H40N6O3. The molecule has 5 N–H and O–H groups in total. The molecule has 0 bridgehead atoms. The summed E-state index contributed by atoms with van der Waals surface area (Å²) in [6.45, 7) is 7.40. The summed E-state index contributed by atoms with van der Waals surface area (Å²) in [4.78, 5) is 19.9. The van der Waals surface area contributed by atoms with Crippen molar-refractivity contribution in [2.24, 2.45) is 23.5 Å². The molecule has 3 heterocycles. The minimum atomic E-state index is -0.281. The number of carbonyl (C=O) groups excluding carboxylic acids is 1. The zero-order chi connectivity index (χ0) is 21.1. The third-order valence-corrected chi connectivity index (χ3v) is 7.40. The number of hydrazine groups is 1. The van der Waals surface area contributed by atoms with Gasteiger partial charge < -0.3 is 20.7 Å². The zero-order valence-electron chi connectivity index (χ0n) is 18.6. The number of nitrogens with zero attached hydrogens (tertiary/aromatic N) is 2. The molecule has 1 amide bonds. The fourth-order valence-corrected chi connectivity index (χ4v) is 4.89. The number of hydrogen-bond donors (Lipinski definition) is 4. The first-order valence-corrected chi connectivity index (χ1v) is 11.7. The maximum atomic E-state index is 12.2. The summed E-state index contributed by atoms with van der Waals surface area (Å²) in [6.07, 6.45) is 5.59. The van der Waals surface area contributed by atoms with E-state index >= 15 is 0 Å². The first-order valence-electron chi connectivity index (χ1n) is 11.7. The van der Waals surface area contributed by atoms with E-state index in [0.717, 1.165) is 77.8 Å². The largest absolute Gasteiger partial charge is 0.443 e. The maximum Gasteiger partial charge on any atom is 0.410 e. The second-order valence-corrected chi connectivity index (χ2v) is 10.0. The zero-order valence-corrected chi connectivity index (χ0v) is 18.6. The standard InChI is InChI=1S/C21H40N6O3/c1-21(6-7-21)29-20(28)27-9-4-15(5-10-27)12-25-30-19(22)16-3-8-23-18(11-16)17-13-24-26(2)14-17/h15-19,23-25H,3-14,22H2,1-2H3. The number of likely N-dealkylation sites (tertiary alicyclic amines) is 1. The Morgan fingerprint density at radius 3 is 2.73 bits per heavy atom. The Labute approximate surface area is 180 Å². The molecule has 4 fully saturated rings. The predicted octanol–water partition coefficient (Wildman–Crippen LogP) is 0.628. The van der Waals surface area contributed by atoms with Crippen LogP contribution < -0.4 is 22.0 Å². The summed E-state index contributed by atoms with van der Waals surface area (Å²) in [6, 6.07) is 0.498. The van der Waals surface area contributed by atoms with Crippen molar-refractivity contribution in [3.8, 4) is 0 Å². The number of amides is 1. The van der Waals surface area contributed by atoms with Crippen LogP contribution in [0.25, 0.3) is 0 Å². The lowest BCUT2D eigenvalue weighted by Gasteiger charge is -2.36. The van der Waals surface area contributed by atoms with Crippen LogP contribution >= 0.6 is 0 Å². The molecule has 9 nitrogen and oxygen atoms in total. The van der Waals surface area contributed by atoms with Crippen LogP contribution in [0.3, 0.4) is 0 Å². The van der Waals surface area contributed by atoms with Crippen LogP contribution in [0.4, 0.5) is 4.79 Å². The lowest BCUT2D eigenvalue weighted by atomic mass is 9.85. The van der Waals surface area contributed by atoms with Crippen molar-refractivity contribution >= 4 is 6.09 Å². The van der Waals surface area contributed by atoms with E-state index in [0.29, 0.717) is 23.8 Å². The van der Waals surface area contributed by atoms with Gasteiger partial charge in [0.25, 0.3) is 0 Å². The van der Waals surface area contributed by atoms with Crippen molar-refractivity contribution in [1.29, 1.82) is 0 Å². The fraction of sp³-hybridized carbons (Fsp3) is 0.952. The van der Waals surface area contributed by atoms with E-state index in [1.54, 1.807) is 0 Å². The van der Waals surface area contributed by atoms with Gasteiger partial charge in [-0.1, -0.05) is 0 Å². The molecule has 0 aromatic rings. The number of hydroxylamine groups is 1. The van der Waals surface area contributed by atoms with Gasteiger partial charge in [0.15, 0.2) is 0 Å². The van der Waals surface area contributed by atoms with Crippen molar-refractivity contribution in [1.82, 2.24) is 26.1 Å². The number of carbonyl (C=O) groups is 1. The van der Waals surface area contributed by atoms with Gasteiger partial charge in [0.1, 0.15) is 11.8 Å². The highest BCUT2D eigenvalue weighted by atomic mass is 16.7. The quantitative estimate of drug-likeness (QED) is 0.349. The SMILES string of the molecule is CN1CC(C2CC(C(N)ONCC3CCN(C(=O)OC4(C)CC4)CC3)CCN2)CN1.